The molecule has 0 fully saturated rings. The third-order valence-electron chi connectivity index (χ3n) is 0.984. The fourth-order valence-electron chi connectivity index (χ4n) is 0.468. The van der Waals surface area contributed by atoms with Crippen molar-refractivity contribution >= 4 is 34.8 Å². The molecule has 0 spiro atoms. The summed E-state index contributed by atoms with van der Waals surface area (Å²) in [5.41, 5.74) is 0.753. The molecule has 0 saturated heterocycles. The second kappa shape index (κ2) is 6.94. The van der Waals surface area contributed by atoms with Gasteiger partial charge in [-0.05, 0) is 7.05 Å². The van der Waals surface area contributed by atoms with Gasteiger partial charge in [0.05, 0.1) is 28.6 Å². The fourth-order valence-corrected chi connectivity index (χ4v) is 0.778. The van der Waals surface area contributed by atoms with Crippen LogP contribution in [0.5, 0.6) is 0 Å². The normalized spacial score (nSPS) is 11.2. The van der Waals surface area contributed by atoms with Crippen LogP contribution in [0.1, 0.15) is 6.42 Å². The monoisotopic (exact) mass is 254 g/mol. The summed E-state index contributed by atoms with van der Waals surface area (Å²) in [5.74, 6) is 0. The number of rotatable bonds is 5. The molecule has 0 aliphatic carbocycles. The van der Waals surface area contributed by atoms with Gasteiger partial charge in [-0.3, -0.25) is 0 Å². The van der Waals surface area contributed by atoms with Gasteiger partial charge in [0.2, 0.25) is 0 Å². The van der Waals surface area contributed by atoms with E-state index in [1.807, 2.05) is 29.9 Å². The van der Waals surface area contributed by atoms with E-state index in [9.17, 15) is 0 Å². The summed E-state index contributed by atoms with van der Waals surface area (Å²) in [6.45, 7) is 0.854. The van der Waals surface area contributed by atoms with E-state index in [1.165, 1.54) is 6.21 Å². The second-order valence-electron chi connectivity index (χ2n) is 1.69. The van der Waals surface area contributed by atoms with Gasteiger partial charge in [-0.15, -0.1) is 0 Å². The van der Waals surface area contributed by atoms with Gasteiger partial charge < -0.3 is 10.7 Å². The van der Waals surface area contributed by atoms with Crippen LogP contribution in [0, 0.1) is 5.41 Å². The number of nitrogens with zero attached hydrogens (tertiary/aromatic N) is 1. The molecule has 0 aromatic rings. The number of hydrogen-bond acceptors (Lipinski definition) is 4. The van der Waals surface area contributed by atoms with E-state index >= 15 is 0 Å². The van der Waals surface area contributed by atoms with Crippen LogP contribution in [0.4, 0.5) is 0 Å². The molecule has 0 rings (SSSR count). The van der Waals surface area contributed by atoms with Crippen molar-refractivity contribution in [1.82, 2.24) is 8.96 Å². The largest absolute Gasteiger partial charge is 0.319 e. The first-order chi connectivity index (χ1) is 4.85. The lowest BCUT2D eigenvalue weighted by atomic mass is 10.3. The molecule has 58 valence electrons. The number of hydrazone groups is 1. The second-order valence-corrected chi connectivity index (χ2v) is 2.17. The summed E-state index contributed by atoms with van der Waals surface area (Å²) in [4.78, 5) is 0. The molecule has 0 atom stereocenters. The Labute approximate surface area is 74.5 Å². The molecule has 0 aliphatic rings. The molecule has 0 aromatic carbocycles. The number of halogens is 1. The maximum atomic E-state index is 6.91. The lowest BCUT2D eigenvalue weighted by Crippen LogP contribution is -2.14. The third-order valence-corrected chi connectivity index (χ3v) is 1.22. The first-order valence-corrected chi connectivity index (χ1v) is 4.00. The average molecular weight is 254 g/mol. The molecular weight excluding hydrogens is 243 g/mol. The van der Waals surface area contributed by atoms with Gasteiger partial charge in [-0.25, -0.2) is 3.64 Å². The Morgan fingerprint density at radius 1 is 1.80 bits per heavy atom. The molecule has 0 unspecified atom stereocenters. The molecule has 0 aliphatic heterocycles. The van der Waals surface area contributed by atoms with Gasteiger partial charge >= 0.3 is 0 Å². The van der Waals surface area contributed by atoms with Crippen molar-refractivity contribution in [2.24, 2.45) is 5.10 Å². The lowest BCUT2D eigenvalue weighted by Gasteiger charge is -1.97. The Balaban J connectivity index is 3.60. The van der Waals surface area contributed by atoms with Gasteiger partial charge in [0, 0.05) is 19.2 Å². The highest BCUT2D eigenvalue weighted by atomic mass is 127. The van der Waals surface area contributed by atoms with Crippen molar-refractivity contribution < 1.29 is 0 Å². The van der Waals surface area contributed by atoms with E-state index in [4.69, 9.17) is 5.41 Å². The summed E-state index contributed by atoms with van der Waals surface area (Å²) >= 11 is 1.92. The minimum atomic E-state index is 0.753. The van der Waals surface area contributed by atoms with E-state index in [1.54, 1.807) is 0 Å². The van der Waals surface area contributed by atoms with Gasteiger partial charge in [0.15, 0.2) is 0 Å². The molecule has 3 N–H and O–H groups in total. The Morgan fingerprint density at radius 2 is 2.50 bits per heavy atom. The maximum absolute atomic E-state index is 6.91. The van der Waals surface area contributed by atoms with Crippen molar-refractivity contribution in [3.63, 3.8) is 0 Å². The molecule has 10 heavy (non-hydrogen) atoms. The van der Waals surface area contributed by atoms with Crippen LogP contribution < -0.4 is 8.96 Å². The first-order valence-electron chi connectivity index (χ1n) is 2.92. The number of hydrogen-bond donors (Lipinski definition) is 3. The zero-order valence-electron chi connectivity index (χ0n) is 5.82. The predicted molar refractivity (Wildman–Crippen MR) is 51.9 cm³/mol. The maximum Gasteiger partial charge on any atom is 0.0799 e. The molecule has 0 radical (unpaired) electrons. The SMILES string of the molecule is CNCCC(C=N)=NNI. The van der Waals surface area contributed by atoms with Gasteiger partial charge in [0.25, 0.3) is 0 Å². The highest BCUT2D eigenvalue weighted by Crippen LogP contribution is 1.81. The minimum Gasteiger partial charge on any atom is -0.319 e. The smallest absolute Gasteiger partial charge is 0.0799 e. The number of nitrogens with one attached hydrogen (secondary N) is 3. The fraction of sp³-hybridized carbons (Fsp3) is 0.600. The Hall–Kier alpha value is -0.170. The predicted octanol–water partition coefficient (Wildman–Crippen LogP) is 0.541. The Kier molecular flexibility index (Phi) is 6.83. The molecule has 4 nitrogen and oxygen atoms in total. The molecule has 5 heteroatoms. The molecule has 0 amide bonds. The summed E-state index contributed by atoms with van der Waals surface area (Å²) in [5, 5.41) is 13.7. The molecule has 0 saturated carbocycles. The van der Waals surface area contributed by atoms with Gasteiger partial charge in [0.1, 0.15) is 0 Å². The zero-order chi connectivity index (χ0) is 7.82. The summed E-state index contributed by atoms with van der Waals surface area (Å²) in [6.07, 6.45) is 2.04. The zero-order valence-corrected chi connectivity index (χ0v) is 7.97. The molecule has 0 bridgehead atoms. The van der Waals surface area contributed by atoms with Crippen molar-refractivity contribution in [2.45, 2.75) is 6.42 Å². The van der Waals surface area contributed by atoms with Crippen LogP contribution in [0.15, 0.2) is 5.10 Å². The van der Waals surface area contributed by atoms with Crippen LogP contribution in [0.2, 0.25) is 0 Å². The van der Waals surface area contributed by atoms with E-state index in [-0.39, 0.29) is 0 Å². The van der Waals surface area contributed by atoms with Gasteiger partial charge in [-0.1, -0.05) is 0 Å². The molecular formula is C5H11IN4. The highest BCUT2D eigenvalue weighted by Gasteiger charge is 1.91. The van der Waals surface area contributed by atoms with Crippen molar-refractivity contribution in [3.8, 4) is 0 Å². The van der Waals surface area contributed by atoms with Crippen molar-refractivity contribution in [3.05, 3.63) is 0 Å². The van der Waals surface area contributed by atoms with Crippen molar-refractivity contribution in [2.75, 3.05) is 13.6 Å². The summed E-state index contributed by atoms with van der Waals surface area (Å²) in [6, 6.07) is 0. The summed E-state index contributed by atoms with van der Waals surface area (Å²) in [7, 11) is 1.87. The van der Waals surface area contributed by atoms with Crippen molar-refractivity contribution in [1.29, 1.82) is 5.41 Å². The summed E-state index contributed by atoms with van der Waals surface area (Å²) < 4.78 is 2.61. The van der Waals surface area contributed by atoms with E-state index in [0.717, 1.165) is 18.7 Å². The topological polar surface area (TPSA) is 60.3 Å². The quantitative estimate of drug-likeness (QED) is 0.290. The Bertz CT molecular complexity index is 123. The molecule has 0 heterocycles. The Morgan fingerprint density at radius 3 is 2.90 bits per heavy atom. The minimum absolute atomic E-state index is 0.753. The molecule has 0 aromatic heterocycles. The van der Waals surface area contributed by atoms with E-state index in [2.05, 4.69) is 14.1 Å². The standard InChI is InChI=1S/C5H11IN4/c1-8-3-2-5(4-7)9-10-6/h4,7-8,10H,2-3H2,1H3. The van der Waals surface area contributed by atoms with Crippen LogP contribution in [-0.2, 0) is 0 Å². The highest BCUT2D eigenvalue weighted by molar-refractivity contribution is 14.1. The van der Waals surface area contributed by atoms with Gasteiger partial charge in [-0.2, -0.15) is 5.10 Å². The van der Waals surface area contributed by atoms with E-state index in [0.29, 0.717) is 0 Å². The van der Waals surface area contributed by atoms with Crippen LogP contribution in [0.3, 0.4) is 0 Å². The van der Waals surface area contributed by atoms with E-state index < -0.39 is 0 Å². The third kappa shape index (κ3) is 4.68. The van der Waals surface area contributed by atoms with Crippen LogP contribution >= 0.6 is 22.9 Å². The first kappa shape index (κ1) is 9.83. The van der Waals surface area contributed by atoms with Crippen LogP contribution in [-0.4, -0.2) is 25.5 Å². The van der Waals surface area contributed by atoms with Crippen LogP contribution in [0.25, 0.3) is 0 Å². The lowest BCUT2D eigenvalue weighted by molar-refractivity contribution is 0.824. The average Bonchev–Trinajstić information content (AvgIpc) is 1.98.